The zero-order valence-electron chi connectivity index (χ0n) is 7.49. The average Bonchev–Trinajstić information content (AvgIpc) is 2.65. The summed E-state index contributed by atoms with van der Waals surface area (Å²) in [6.07, 6.45) is 2.33. The summed E-state index contributed by atoms with van der Waals surface area (Å²) < 4.78 is 0. The van der Waals surface area contributed by atoms with Crippen LogP contribution in [-0.4, -0.2) is 28.5 Å². The lowest BCUT2D eigenvalue weighted by Crippen LogP contribution is -1.77. The van der Waals surface area contributed by atoms with Gasteiger partial charge in [-0.05, 0) is 12.1 Å². The molecule has 74 valence electrons. The van der Waals surface area contributed by atoms with Gasteiger partial charge in [0.2, 0.25) is 0 Å². The van der Waals surface area contributed by atoms with E-state index in [1.807, 2.05) is 0 Å². The topological polar surface area (TPSA) is 66.0 Å². The van der Waals surface area contributed by atoms with E-state index >= 15 is 0 Å². The Balaban J connectivity index is 0.000000461. The summed E-state index contributed by atoms with van der Waals surface area (Å²) in [6.45, 7) is 0. The highest BCUT2D eigenvalue weighted by Crippen LogP contribution is 2.21. The van der Waals surface area contributed by atoms with Crippen LogP contribution in [0.1, 0.15) is 10.5 Å². The number of hydrogen-bond acceptors (Lipinski definition) is 3. The number of aldehydes is 1. The van der Waals surface area contributed by atoms with Crippen LogP contribution in [0.3, 0.4) is 0 Å². The Morgan fingerprint density at radius 2 is 2.29 bits per heavy atom. The third kappa shape index (κ3) is 1.92. The zero-order chi connectivity index (χ0) is 10.6. The summed E-state index contributed by atoms with van der Waals surface area (Å²) in [6, 6.07) is 3.37. The number of pyridine rings is 1. The molecule has 0 radical (unpaired) electrons. The quantitative estimate of drug-likeness (QED) is 0.707. The Bertz CT molecular complexity index is 439. The summed E-state index contributed by atoms with van der Waals surface area (Å²) in [5.41, 5.74) is 1.13. The van der Waals surface area contributed by atoms with E-state index in [-0.39, 0.29) is 0 Å². The molecule has 0 aromatic carbocycles. The fourth-order valence-corrected chi connectivity index (χ4v) is 1.28. The van der Waals surface area contributed by atoms with E-state index in [1.54, 1.807) is 18.3 Å². The van der Waals surface area contributed by atoms with Crippen molar-refractivity contribution in [3.63, 3.8) is 0 Å². The van der Waals surface area contributed by atoms with E-state index in [0.717, 1.165) is 18.8 Å². The van der Waals surface area contributed by atoms with E-state index in [2.05, 4.69) is 9.97 Å². The van der Waals surface area contributed by atoms with E-state index in [0.29, 0.717) is 16.4 Å². The van der Waals surface area contributed by atoms with Crippen LogP contribution in [0.25, 0.3) is 11.0 Å². The second kappa shape index (κ2) is 4.74. The van der Waals surface area contributed by atoms with Crippen LogP contribution in [0.15, 0.2) is 18.3 Å². The van der Waals surface area contributed by atoms with Crippen molar-refractivity contribution in [2.24, 2.45) is 0 Å². The largest absolute Gasteiger partial charge is 0.400 e. The van der Waals surface area contributed by atoms with Crippen molar-refractivity contribution in [2.75, 3.05) is 7.11 Å². The molecule has 0 spiro atoms. The van der Waals surface area contributed by atoms with Crippen molar-refractivity contribution in [1.29, 1.82) is 0 Å². The van der Waals surface area contributed by atoms with Crippen LogP contribution in [0.5, 0.6) is 0 Å². The number of rotatable bonds is 1. The van der Waals surface area contributed by atoms with Gasteiger partial charge in [0.05, 0.1) is 10.7 Å². The Morgan fingerprint density at radius 1 is 1.57 bits per heavy atom. The normalized spacial score (nSPS) is 9.36. The van der Waals surface area contributed by atoms with Crippen LogP contribution in [0.4, 0.5) is 0 Å². The zero-order valence-corrected chi connectivity index (χ0v) is 8.25. The van der Waals surface area contributed by atoms with Crippen molar-refractivity contribution in [2.45, 2.75) is 0 Å². The molecular formula is C9H9ClN2O2. The van der Waals surface area contributed by atoms with Gasteiger partial charge in [0.25, 0.3) is 0 Å². The van der Waals surface area contributed by atoms with Crippen molar-refractivity contribution < 1.29 is 9.90 Å². The molecule has 2 N–H and O–H groups in total. The third-order valence-corrected chi connectivity index (χ3v) is 1.96. The predicted octanol–water partition coefficient (Wildman–Crippen LogP) is 1.64. The van der Waals surface area contributed by atoms with Crippen molar-refractivity contribution in [1.82, 2.24) is 9.97 Å². The lowest BCUT2D eigenvalue weighted by Gasteiger charge is -1.88. The summed E-state index contributed by atoms with van der Waals surface area (Å²) in [7, 11) is 1.00. The number of aromatic nitrogens is 2. The van der Waals surface area contributed by atoms with Gasteiger partial charge in [0.1, 0.15) is 5.65 Å². The van der Waals surface area contributed by atoms with Crippen LogP contribution >= 0.6 is 11.6 Å². The van der Waals surface area contributed by atoms with Crippen LogP contribution in [-0.2, 0) is 0 Å². The molecule has 0 aliphatic rings. The van der Waals surface area contributed by atoms with Gasteiger partial charge in [-0.15, -0.1) is 0 Å². The van der Waals surface area contributed by atoms with E-state index in [9.17, 15) is 4.79 Å². The highest BCUT2D eigenvalue weighted by Gasteiger charge is 2.03. The number of aliphatic hydroxyl groups excluding tert-OH is 1. The number of fused-ring (bicyclic) bond motifs is 1. The molecule has 0 saturated heterocycles. The number of carbonyl (C=O) groups is 1. The number of nitrogens with one attached hydrogen (secondary N) is 1. The average molecular weight is 213 g/mol. The highest BCUT2D eigenvalue weighted by atomic mass is 35.5. The number of hydrogen-bond donors (Lipinski definition) is 2. The van der Waals surface area contributed by atoms with Gasteiger partial charge in [0.15, 0.2) is 6.29 Å². The second-order valence-corrected chi connectivity index (χ2v) is 2.80. The third-order valence-electron chi connectivity index (χ3n) is 1.63. The first kappa shape index (κ1) is 10.7. The van der Waals surface area contributed by atoms with Gasteiger partial charge in [-0.25, -0.2) is 4.98 Å². The van der Waals surface area contributed by atoms with Crippen LogP contribution in [0.2, 0.25) is 5.02 Å². The molecule has 5 heteroatoms. The van der Waals surface area contributed by atoms with Crippen LogP contribution in [0, 0.1) is 0 Å². The van der Waals surface area contributed by atoms with E-state index in [1.165, 1.54) is 0 Å². The van der Waals surface area contributed by atoms with Crippen molar-refractivity contribution in [3.05, 3.63) is 29.0 Å². The van der Waals surface area contributed by atoms with Crippen molar-refractivity contribution >= 4 is 28.9 Å². The first-order valence-corrected chi connectivity index (χ1v) is 4.22. The number of H-pyrrole nitrogens is 1. The number of aromatic amines is 1. The van der Waals surface area contributed by atoms with Gasteiger partial charge < -0.3 is 10.1 Å². The number of nitrogens with zero attached hydrogens (tertiary/aromatic N) is 1. The summed E-state index contributed by atoms with van der Waals surface area (Å²) in [5, 5.41) is 8.38. The second-order valence-electron chi connectivity index (χ2n) is 2.40. The monoisotopic (exact) mass is 212 g/mol. The molecule has 0 aliphatic heterocycles. The molecule has 2 heterocycles. The number of aliphatic hydroxyl groups is 1. The molecule has 2 aromatic heterocycles. The predicted molar refractivity (Wildman–Crippen MR) is 54.6 cm³/mol. The minimum absolute atomic E-state index is 0.491. The summed E-state index contributed by atoms with van der Waals surface area (Å²) in [4.78, 5) is 17.2. The fourth-order valence-electron chi connectivity index (χ4n) is 1.08. The molecule has 0 atom stereocenters. The maximum absolute atomic E-state index is 10.4. The molecule has 0 saturated carbocycles. The SMILES string of the molecule is CO.O=Cc1cc2c(Cl)ccnc2[nH]1. The first-order valence-electron chi connectivity index (χ1n) is 3.84. The Kier molecular flexibility index (Phi) is 3.62. The van der Waals surface area contributed by atoms with Gasteiger partial charge >= 0.3 is 0 Å². The van der Waals surface area contributed by atoms with Gasteiger partial charge in [0, 0.05) is 18.7 Å². The smallest absolute Gasteiger partial charge is 0.166 e. The molecule has 14 heavy (non-hydrogen) atoms. The Morgan fingerprint density at radius 3 is 2.86 bits per heavy atom. The molecule has 2 aromatic rings. The Hall–Kier alpha value is -1.39. The molecule has 0 bridgehead atoms. The van der Waals surface area contributed by atoms with Crippen LogP contribution < -0.4 is 0 Å². The highest BCUT2D eigenvalue weighted by molar-refractivity contribution is 6.35. The lowest BCUT2D eigenvalue weighted by atomic mass is 10.3. The molecule has 2 rings (SSSR count). The number of halogens is 1. The minimum atomic E-state index is 0.491. The lowest BCUT2D eigenvalue weighted by molar-refractivity contribution is 0.112. The maximum Gasteiger partial charge on any atom is 0.166 e. The molecule has 0 unspecified atom stereocenters. The standard InChI is InChI=1S/C8H5ClN2O.CH4O/c9-7-1-2-10-8-6(7)3-5(4-12)11-8;1-2/h1-4H,(H,10,11);2H,1H3. The summed E-state index contributed by atoms with van der Waals surface area (Å²) in [5.74, 6) is 0. The van der Waals surface area contributed by atoms with Gasteiger partial charge in [-0.1, -0.05) is 11.6 Å². The minimum Gasteiger partial charge on any atom is -0.400 e. The fraction of sp³-hybridized carbons (Fsp3) is 0.111. The van der Waals surface area contributed by atoms with Gasteiger partial charge in [-0.3, -0.25) is 4.79 Å². The van der Waals surface area contributed by atoms with Crippen molar-refractivity contribution in [3.8, 4) is 0 Å². The van der Waals surface area contributed by atoms with Gasteiger partial charge in [-0.2, -0.15) is 0 Å². The molecule has 4 nitrogen and oxygen atoms in total. The van der Waals surface area contributed by atoms with E-state index < -0.39 is 0 Å². The molecule has 0 amide bonds. The number of carbonyl (C=O) groups excluding carboxylic acids is 1. The molecule has 0 aliphatic carbocycles. The molecular weight excluding hydrogens is 204 g/mol. The maximum atomic E-state index is 10.4. The summed E-state index contributed by atoms with van der Waals surface area (Å²) >= 11 is 5.85. The Labute approximate surface area is 85.5 Å². The first-order chi connectivity index (χ1) is 6.81. The molecule has 0 fully saturated rings. The van der Waals surface area contributed by atoms with E-state index in [4.69, 9.17) is 16.7 Å².